The number of nitrogens with one attached hydrogen (secondary N) is 2. The summed E-state index contributed by atoms with van der Waals surface area (Å²) in [6.45, 7) is 6.81. The minimum Gasteiger partial charge on any atom is -0.391 e. The van der Waals surface area contributed by atoms with Crippen LogP contribution in [-0.4, -0.2) is 62.6 Å². The van der Waals surface area contributed by atoms with E-state index in [9.17, 15) is 18.3 Å². The van der Waals surface area contributed by atoms with Crippen LogP contribution in [0.3, 0.4) is 0 Å². The van der Waals surface area contributed by atoms with Crippen molar-refractivity contribution >= 4 is 28.3 Å². The van der Waals surface area contributed by atoms with Gasteiger partial charge in [0.1, 0.15) is 0 Å². The van der Waals surface area contributed by atoms with E-state index in [0.717, 1.165) is 6.42 Å². The maximum atomic E-state index is 12.9. The molecule has 0 saturated carbocycles. The molecule has 3 rings (SSSR count). The van der Waals surface area contributed by atoms with Gasteiger partial charge in [-0.15, -0.1) is 12.4 Å². The van der Waals surface area contributed by atoms with Crippen LogP contribution in [-0.2, 0) is 10.0 Å². The van der Waals surface area contributed by atoms with Crippen molar-refractivity contribution in [3.8, 4) is 0 Å². The van der Waals surface area contributed by atoms with Crippen molar-refractivity contribution in [3.63, 3.8) is 0 Å². The lowest BCUT2D eigenvalue weighted by atomic mass is 9.94. The fourth-order valence-electron chi connectivity index (χ4n) is 3.98. The van der Waals surface area contributed by atoms with Crippen LogP contribution in [0.2, 0.25) is 0 Å². The molecule has 2 fully saturated rings. The van der Waals surface area contributed by atoms with Crippen molar-refractivity contribution in [1.29, 1.82) is 0 Å². The molecule has 0 aromatic heterocycles. The molecule has 7 nitrogen and oxygen atoms in total. The number of amides is 1. The van der Waals surface area contributed by atoms with Gasteiger partial charge in [0.2, 0.25) is 10.0 Å². The molecule has 0 bridgehead atoms. The van der Waals surface area contributed by atoms with Crippen LogP contribution in [0.25, 0.3) is 0 Å². The molecule has 0 radical (unpaired) electrons. The molecular weight excluding hydrogens is 402 g/mol. The number of aliphatic hydroxyl groups is 1. The molecule has 2 heterocycles. The topological polar surface area (TPSA) is 98.7 Å². The summed E-state index contributed by atoms with van der Waals surface area (Å²) in [5, 5.41) is 15.7. The smallest absolute Gasteiger partial charge is 0.251 e. The Morgan fingerprint density at radius 1 is 1.18 bits per heavy atom. The summed E-state index contributed by atoms with van der Waals surface area (Å²) in [5.41, 5.74) is 0.412. The molecule has 3 N–H and O–H groups in total. The first kappa shape index (κ1) is 23.1. The molecule has 4 atom stereocenters. The average Bonchev–Trinajstić information content (AvgIpc) is 3.04. The number of hydrogen-bond donors (Lipinski definition) is 3. The van der Waals surface area contributed by atoms with E-state index in [1.807, 2.05) is 0 Å². The average molecular weight is 432 g/mol. The highest BCUT2D eigenvalue weighted by Crippen LogP contribution is 2.26. The van der Waals surface area contributed by atoms with E-state index >= 15 is 0 Å². The zero-order chi connectivity index (χ0) is 19.6. The van der Waals surface area contributed by atoms with Crippen LogP contribution in [0.4, 0.5) is 0 Å². The van der Waals surface area contributed by atoms with E-state index in [0.29, 0.717) is 50.1 Å². The fourth-order valence-corrected chi connectivity index (χ4v) is 5.66. The Morgan fingerprint density at radius 2 is 1.79 bits per heavy atom. The van der Waals surface area contributed by atoms with Crippen LogP contribution in [0.1, 0.15) is 30.6 Å². The molecule has 1 aromatic carbocycles. The monoisotopic (exact) mass is 431 g/mol. The second kappa shape index (κ2) is 9.54. The maximum Gasteiger partial charge on any atom is 0.251 e. The second-order valence-electron chi connectivity index (χ2n) is 7.99. The minimum atomic E-state index is -3.54. The second-order valence-corrected chi connectivity index (χ2v) is 9.93. The van der Waals surface area contributed by atoms with E-state index in [-0.39, 0.29) is 29.1 Å². The summed E-state index contributed by atoms with van der Waals surface area (Å²) in [6, 6.07) is 6.09. The highest BCUT2D eigenvalue weighted by atomic mass is 35.5. The van der Waals surface area contributed by atoms with Gasteiger partial charge < -0.3 is 15.7 Å². The molecule has 2 aliphatic heterocycles. The highest BCUT2D eigenvalue weighted by molar-refractivity contribution is 7.89. The number of hydrogen-bond acceptors (Lipinski definition) is 5. The van der Waals surface area contributed by atoms with Crippen LogP contribution in [0.5, 0.6) is 0 Å². The van der Waals surface area contributed by atoms with Crippen LogP contribution >= 0.6 is 12.4 Å². The fraction of sp³-hybridized carbons (Fsp3) is 0.632. The van der Waals surface area contributed by atoms with Crippen molar-refractivity contribution in [1.82, 2.24) is 14.9 Å². The number of carbonyl (C=O) groups excluding carboxylic acids is 1. The summed E-state index contributed by atoms with van der Waals surface area (Å²) < 4.78 is 27.3. The van der Waals surface area contributed by atoms with Gasteiger partial charge in [-0.1, -0.05) is 13.8 Å². The Hall–Kier alpha value is -1.19. The van der Waals surface area contributed by atoms with Gasteiger partial charge in [0.05, 0.1) is 11.0 Å². The summed E-state index contributed by atoms with van der Waals surface area (Å²) in [6.07, 6.45) is 0.586. The Bertz CT molecular complexity index is 762. The van der Waals surface area contributed by atoms with Crippen molar-refractivity contribution in [2.24, 2.45) is 17.8 Å². The first-order valence-electron chi connectivity index (χ1n) is 9.54. The standard InChI is InChI=1S/C19H29N3O4S.ClH/c1-13-7-14(2)12-22(11-13)27(25,26)17-5-3-15(4-6-17)19(24)21-9-16-8-20-10-18(16)23;/h3-6,13-14,16,18,20,23H,7-12H2,1-2H3,(H,21,24);1H. The zero-order valence-corrected chi connectivity index (χ0v) is 17.9. The number of rotatable bonds is 5. The molecule has 4 unspecified atom stereocenters. The van der Waals surface area contributed by atoms with Gasteiger partial charge >= 0.3 is 0 Å². The minimum absolute atomic E-state index is 0. The molecule has 0 spiro atoms. The van der Waals surface area contributed by atoms with Gasteiger partial charge in [0.15, 0.2) is 0 Å². The third-order valence-electron chi connectivity index (χ3n) is 5.42. The van der Waals surface area contributed by atoms with Gasteiger partial charge in [-0.2, -0.15) is 4.31 Å². The summed E-state index contributed by atoms with van der Waals surface area (Å²) in [4.78, 5) is 12.5. The largest absolute Gasteiger partial charge is 0.391 e. The molecule has 1 aromatic rings. The Kier molecular flexibility index (Phi) is 7.87. The predicted octanol–water partition coefficient (Wildman–Crippen LogP) is 1.09. The van der Waals surface area contributed by atoms with Crippen molar-refractivity contribution < 1.29 is 18.3 Å². The highest BCUT2D eigenvalue weighted by Gasteiger charge is 2.31. The van der Waals surface area contributed by atoms with E-state index in [1.165, 1.54) is 12.1 Å². The zero-order valence-electron chi connectivity index (χ0n) is 16.3. The van der Waals surface area contributed by atoms with E-state index in [2.05, 4.69) is 24.5 Å². The summed E-state index contributed by atoms with van der Waals surface area (Å²) >= 11 is 0. The Morgan fingerprint density at radius 3 is 2.32 bits per heavy atom. The maximum absolute atomic E-state index is 12.9. The van der Waals surface area contributed by atoms with Crippen molar-refractivity contribution in [2.45, 2.75) is 31.3 Å². The number of benzene rings is 1. The molecule has 158 valence electrons. The number of piperidine rings is 1. The van der Waals surface area contributed by atoms with Crippen molar-refractivity contribution in [2.75, 3.05) is 32.7 Å². The molecule has 0 aliphatic carbocycles. The lowest BCUT2D eigenvalue weighted by Gasteiger charge is -2.34. The molecular formula is C19H30ClN3O4S. The lowest BCUT2D eigenvalue weighted by molar-refractivity contribution is 0.0927. The molecule has 9 heteroatoms. The Labute approximate surface area is 173 Å². The SMILES string of the molecule is CC1CC(C)CN(S(=O)(=O)c2ccc(C(=O)NCC3CNCC3O)cc2)C1.Cl. The molecule has 1 amide bonds. The van der Waals surface area contributed by atoms with Gasteiger partial charge in [-0.3, -0.25) is 4.79 Å². The number of nitrogens with zero attached hydrogens (tertiary/aromatic N) is 1. The van der Waals surface area contributed by atoms with E-state index in [1.54, 1.807) is 16.4 Å². The first-order valence-corrected chi connectivity index (χ1v) is 11.0. The Balaban J connectivity index is 0.00000280. The van der Waals surface area contributed by atoms with Crippen molar-refractivity contribution in [3.05, 3.63) is 29.8 Å². The first-order chi connectivity index (χ1) is 12.8. The van der Waals surface area contributed by atoms with E-state index in [4.69, 9.17) is 0 Å². The third-order valence-corrected chi connectivity index (χ3v) is 7.26. The number of β-amino-alcohol motifs (C(OH)–C–C–N with tert-alkyl or cyclic N) is 1. The summed E-state index contributed by atoms with van der Waals surface area (Å²) in [7, 11) is -3.54. The van der Waals surface area contributed by atoms with Gasteiger partial charge in [-0.05, 0) is 42.5 Å². The number of aliphatic hydroxyl groups excluding tert-OH is 1. The summed E-state index contributed by atoms with van der Waals surface area (Å²) in [5.74, 6) is 0.415. The molecule has 2 saturated heterocycles. The number of halogens is 1. The normalized spacial score (nSPS) is 28.5. The van der Waals surface area contributed by atoms with Crippen LogP contribution in [0, 0.1) is 17.8 Å². The third kappa shape index (κ3) is 5.24. The quantitative estimate of drug-likeness (QED) is 0.648. The molecule has 2 aliphatic rings. The predicted molar refractivity (Wildman–Crippen MR) is 110 cm³/mol. The molecule has 28 heavy (non-hydrogen) atoms. The van der Waals surface area contributed by atoms with Gasteiger partial charge in [0, 0.05) is 44.2 Å². The van der Waals surface area contributed by atoms with Crippen LogP contribution in [0.15, 0.2) is 29.2 Å². The van der Waals surface area contributed by atoms with Crippen LogP contribution < -0.4 is 10.6 Å². The number of carbonyl (C=O) groups is 1. The van der Waals surface area contributed by atoms with Gasteiger partial charge in [0.25, 0.3) is 5.91 Å². The van der Waals surface area contributed by atoms with E-state index < -0.39 is 16.1 Å². The lowest BCUT2D eigenvalue weighted by Crippen LogP contribution is -2.42. The van der Waals surface area contributed by atoms with Gasteiger partial charge in [-0.25, -0.2) is 8.42 Å². The number of sulfonamides is 1.